The lowest BCUT2D eigenvalue weighted by molar-refractivity contribution is 0.292. The lowest BCUT2D eigenvalue weighted by Gasteiger charge is -2.12. The van der Waals surface area contributed by atoms with Gasteiger partial charge in [0.2, 0.25) is 11.2 Å². The summed E-state index contributed by atoms with van der Waals surface area (Å²) in [5.74, 6) is -0.0679. The van der Waals surface area contributed by atoms with E-state index in [1.54, 1.807) is 66.7 Å². The van der Waals surface area contributed by atoms with Gasteiger partial charge in [0.15, 0.2) is 5.76 Å². The number of hydrogen-bond acceptors (Lipinski definition) is 3. The molecular formula is C22H14ClFO3. The van der Waals surface area contributed by atoms with Gasteiger partial charge < -0.3 is 9.15 Å². The zero-order valence-electron chi connectivity index (χ0n) is 14.1. The van der Waals surface area contributed by atoms with Crippen LogP contribution in [0.4, 0.5) is 4.39 Å². The molecule has 0 radical (unpaired) electrons. The van der Waals surface area contributed by atoms with Gasteiger partial charge in [-0.25, -0.2) is 4.39 Å². The minimum Gasteiger partial charge on any atom is -0.481 e. The summed E-state index contributed by atoms with van der Waals surface area (Å²) in [7, 11) is 0. The first kappa shape index (κ1) is 17.3. The molecule has 0 atom stereocenters. The fourth-order valence-electron chi connectivity index (χ4n) is 2.81. The van der Waals surface area contributed by atoms with Gasteiger partial charge in [-0.1, -0.05) is 41.9 Å². The molecule has 4 rings (SSSR count). The van der Waals surface area contributed by atoms with E-state index in [1.807, 2.05) is 0 Å². The average Bonchev–Trinajstić information content (AvgIpc) is 2.69. The Bertz CT molecular complexity index is 1170. The van der Waals surface area contributed by atoms with E-state index in [9.17, 15) is 9.18 Å². The predicted octanol–water partition coefficient (Wildman–Crippen LogP) is 5.83. The van der Waals surface area contributed by atoms with Crippen LogP contribution < -0.4 is 10.2 Å². The van der Waals surface area contributed by atoms with Gasteiger partial charge in [-0.05, 0) is 42.5 Å². The minimum atomic E-state index is -0.393. The van der Waals surface area contributed by atoms with E-state index < -0.39 is 5.82 Å². The molecule has 27 heavy (non-hydrogen) atoms. The van der Waals surface area contributed by atoms with Crippen LogP contribution >= 0.6 is 11.6 Å². The monoisotopic (exact) mass is 380 g/mol. The van der Waals surface area contributed by atoms with Crippen molar-refractivity contribution in [3.63, 3.8) is 0 Å². The highest BCUT2D eigenvalue weighted by Gasteiger charge is 2.18. The second-order valence-electron chi connectivity index (χ2n) is 5.97. The summed E-state index contributed by atoms with van der Waals surface area (Å²) in [6.07, 6.45) is 0. The molecular weight excluding hydrogens is 367 g/mol. The standard InChI is InChI=1S/C22H14ClFO3/c23-16-11-9-14(10-12-16)21-22(26-13-15-5-1-3-7-18(15)24)20(25)17-6-2-4-8-19(17)27-21/h1-12H,13H2. The van der Waals surface area contributed by atoms with Gasteiger partial charge in [0.25, 0.3) is 0 Å². The van der Waals surface area contributed by atoms with Crippen molar-refractivity contribution in [1.82, 2.24) is 0 Å². The van der Waals surface area contributed by atoms with Crippen molar-refractivity contribution in [2.75, 3.05) is 0 Å². The highest BCUT2D eigenvalue weighted by atomic mass is 35.5. The Balaban J connectivity index is 1.85. The van der Waals surface area contributed by atoms with Gasteiger partial charge in [0.1, 0.15) is 18.0 Å². The third-order valence-electron chi connectivity index (χ3n) is 4.19. The number of fused-ring (bicyclic) bond motifs is 1. The number of ether oxygens (including phenoxy) is 1. The van der Waals surface area contributed by atoms with Crippen molar-refractivity contribution in [3.05, 3.63) is 99.4 Å². The van der Waals surface area contributed by atoms with E-state index in [2.05, 4.69) is 0 Å². The fraction of sp³-hybridized carbons (Fsp3) is 0.0455. The van der Waals surface area contributed by atoms with Crippen molar-refractivity contribution in [2.45, 2.75) is 6.61 Å². The highest BCUT2D eigenvalue weighted by Crippen LogP contribution is 2.32. The number of hydrogen-bond donors (Lipinski definition) is 0. The van der Waals surface area contributed by atoms with Crippen LogP contribution in [0.1, 0.15) is 5.56 Å². The van der Waals surface area contributed by atoms with Crippen molar-refractivity contribution in [3.8, 4) is 17.1 Å². The number of benzene rings is 3. The van der Waals surface area contributed by atoms with Gasteiger partial charge in [-0.3, -0.25) is 4.79 Å². The SMILES string of the molecule is O=c1c(OCc2ccccc2F)c(-c2ccc(Cl)cc2)oc2ccccc12. The third-order valence-corrected chi connectivity index (χ3v) is 4.44. The summed E-state index contributed by atoms with van der Waals surface area (Å²) in [4.78, 5) is 13.0. The first-order valence-corrected chi connectivity index (χ1v) is 8.69. The van der Waals surface area contributed by atoms with Crippen LogP contribution in [0.15, 0.2) is 82.0 Å². The maximum absolute atomic E-state index is 13.9. The van der Waals surface area contributed by atoms with Crippen molar-refractivity contribution in [2.24, 2.45) is 0 Å². The van der Waals surface area contributed by atoms with E-state index in [0.29, 0.717) is 27.1 Å². The number of rotatable bonds is 4. The van der Waals surface area contributed by atoms with Crippen LogP contribution in [0, 0.1) is 5.82 Å². The second-order valence-corrected chi connectivity index (χ2v) is 6.41. The molecule has 134 valence electrons. The van der Waals surface area contributed by atoms with E-state index in [1.165, 1.54) is 6.07 Å². The molecule has 4 aromatic rings. The molecule has 0 aliphatic carbocycles. The van der Waals surface area contributed by atoms with E-state index in [-0.39, 0.29) is 23.5 Å². The molecule has 1 aromatic heterocycles. The molecule has 0 bridgehead atoms. The second kappa shape index (κ2) is 7.25. The molecule has 5 heteroatoms. The quantitative estimate of drug-likeness (QED) is 0.447. The Hall–Kier alpha value is -3.11. The Morgan fingerprint density at radius 3 is 2.41 bits per heavy atom. The molecule has 3 nitrogen and oxygen atoms in total. The zero-order valence-corrected chi connectivity index (χ0v) is 14.9. The average molecular weight is 381 g/mol. The molecule has 1 heterocycles. The number of halogens is 2. The van der Waals surface area contributed by atoms with E-state index in [4.69, 9.17) is 20.8 Å². The lowest BCUT2D eigenvalue weighted by Crippen LogP contribution is -2.10. The van der Waals surface area contributed by atoms with Gasteiger partial charge >= 0.3 is 0 Å². The molecule has 0 saturated heterocycles. The van der Waals surface area contributed by atoms with Gasteiger partial charge in [0.05, 0.1) is 5.39 Å². The molecule has 0 N–H and O–H groups in total. The molecule has 0 fully saturated rings. The smallest absolute Gasteiger partial charge is 0.235 e. The molecule has 0 aliphatic heterocycles. The molecule has 0 aliphatic rings. The molecule has 0 saturated carbocycles. The molecule has 3 aromatic carbocycles. The van der Waals surface area contributed by atoms with Crippen molar-refractivity contribution in [1.29, 1.82) is 0 Å². The summed E-state index contributed by atoms with van der Waals surface area (Å²) in [5.41, 5.74) is 1.14. The predicted molar refractivity (Wildman–Crippen MR) is 104 cm³/mol. The molecule has 0 unspecified atom stereocenters. The van der Waals surface area contributed by atoms with Crippen LogP contribution in [0.5, 0.6) is 5.75 Å². The summed E-state index contributed by atoms with van der Waals surface area (Å²) < 4.78 is 25.6. The van der Waals surface area contributed by atoms with Crippen molar-refractivity contribution >= 4 is 22.6 Å². The lowest BCUT2D eigenvalue weighted by atomic mass is 10.1. The third kappa shape index (κ3) is 3.44. The van der Waals surface area contributed by atoms with Crippen LogP contribution in [0.25, 0.3) is 22.3 Å². The minimum absolute atomic E-state index is 0.0410. The molecule has 0 amide bonds. The first-order valence-electron chi connectivity index (χ1n) is 8.31. The fourth-order valence-corrected chi connectivity index (χ4v) is 2.94. The van der Waals surface area contributed by atoms with Crippen LogP contribution in [-0.4, -0.2) is 0 Å². The summed E-state index contributed by atoms with van der Waals surface area (Å²) in [6.45, 7) is -0.0869. The summed E-state index contributed by atoms with van der Waals surface area (Å²) in [5, 5.41) is 0.967. The van der Waals surface area contributed by atoms with Gasteiger partial charge in [0, 0.05) is 16.1 Å². The maximum Gasteiger partial charge on any atom is 0.235 e. The number of para-hydroxylation sites is 1. The van der Waals surface area contributed by atoms with Crippen molar-refractivity contribution < 1.29 is 13.5 Å². The zero-order chi connectivity index (χ0) is 18.8. The van der Waals surface area contributed by atoms with Gasteiger partial charge in [-0.15, -0.1) is 0 Å². The van der Waals surface area contributed by atoms with E-state index >= 15 is 0 Å². The highest BCUT2D eigenvalue weighted by molar-refractivity contribution is 6.30. The normalized spacial score (nSPS) is 10.9. The van der Waals surface area contributed by atoms with Crippen LogP contribution in [0.2, 0.25) is 5.02 Å². The maximum atomic E-state index is 13.9. The Kier molecular flexibility index (Phi) is 4.65. The largest absolute Gasteiger partial charge is 0.481 e. The summed E-state index contributed by atoms with van der Waals surface area (Å²) >= 11 is 5.96. The Morgan fingerprint density at radius 2 is 1.63 bits per heavy atom. The Labute approximate surface area is 159 Å². The first-order chi connectivity index (χ1) is 13.1. The van der Waals surface area contributed by atoms with Gasteiger partial charge in [-0.2, -0.15) is 0 Å². The van der Waals surface area contributed by atoms with Crippen LogP contribution in [-0.2, 0) is 6.61 Å². The topological polar surface area (TPSA) is 39.4 Å². The van der Waals surface area contributed by atoms with Crippen LogP contribution in [0.3, 0.4) is 0 Å². The Morgan fingerprint density at radius 1 is 0.926 bits per heavy atom. The molecule has 0 spiro atoms. The van der Waals surface area contributed by atoms with E-state index in [0.717, 1.165) is 0 Å². The summed E-state index contributed by atoms with van der Waals surface area (Å²) in [6, 6.07) is 20.1.